The lowest BCUT2D eigenvalue weighted by Gasteiger charge is -2.03. The van der Waals surface area contributed by atoms with Gasteiger partial charge in [0.25, 0.3) is 0 Å². The van der Waals surface area contributed by atoms with Crippen molar-refractivity contribution in [1.82, 2.24) is 0 Å². The first-order chi connectivity index (χ1) is 12.6. The highest BCUT2D eigenvalue weighted by Gasteiger charge is 2.25. The van der Waals surface area contributed by atoms with Crippen molar-refractivity contribution < 1.29 is 19.1 Å². The van der Waals surface area contributed by atoms with E-state index < -0.39 is 5.97 Å². The minimum atomic E-state index is -0.512. The molecule has 0 radical (unpaired) electrons. The molecule has 2 aromatic carbocycles. The number of nitrogens with zero attached hydrogens (tertiary/aromatic N) is 1. The summed E-state index contributed by atoms with van der Waals surface area (Å²) in [7, 11) is 0. The summed E-state index contributed by atoms with van der Waals surface area (Å²) in [6.07, 6.45) is 2.39. The molecule has 1 aliphatic heterocycles. The number of carbonyl (C=O) groups excluding carboxylic acids is 2. The topological polar surface area (TPSA) is 65.0 Å². The van der Waals surface area contributed by atoms with E-state index in [0.29, 0.717) is 17.7 Å². The third kappa shape index (κ3) is 4.08. The average molecular weight is 414 g/mol. The van der Waals surface area contributed by atoms with Crippen molar-refractivity contribution in [1.29, 1.82) is 0 Å². The summed E-state index contributed by atoms with van der Waals surface area (Å²) in [6.45, 7) is 2.33. The Kier molecular flexibility index (Phi) is 5.63. The van der Waals surface area contributed by atoms with Gasteiger partial charge in [-0.25, -0.2) is 14.6 Å². The first kappa shape index (κ1) is 18.1. The molecule has 26 heavy (non-hydrogen) atoms. The molecule has 0 aromatic heterocycles. The maximum Gasteiger partial charge on any atom is 0.363 e. The first-order valence-electron chi connectivity index (χ1n) is 8.13. The molecule has 0 aliphatic carbocycles. The zero-order chi connectivity index (χ0) is 18.5. The van der Waals surface area contributed by atoms with Gasteiger partial charge in [-0.1, -0.05) is 31.2 Å². The highest BCUT2D eigenvalue weighted by Crippen LogP contribution is 2.24. The number of aliphatic imine (C=N–C) groups is 1. The molecule has 0 saturated heterocycles. The molecular formula is C20H16BrNO4. The van der Waals surface area contributed by atoms with Gasteiger partial charge in [-0.3, -0.25) is 0 Å². The molecule has 0 N–H and O–H groups in total. The number of hydrogen-bond donors (Lipinski definition) is 0. The van der Waals surface area contributed by atoms with E-state index in [1.807, 2.05) is 31.2 Å². The van der Waals surface area contributed by atoms with Crippen molar-refractivity contribution in [2.75, 3.05) is 6.61 Å². The van der Waals surface area contributed by atoms with Gasteiger partial charge < -0.3 is 9.47 Å². The van der Waals surface area contributed by atoms with Crippen LogP contribution in [0.15, 0.2) is 63.7 Å². The van der Waals surface area contributed by atoms with Crippen LogP contribution in [-0.2, 0) is 14.3 Å². The zero-order valence-corrected chi connectivity index (χ0v) is 15.7. The van der Waals surface area contributed by atoms with Crippen LogP contribution in [0.2, 0.25) is 0 Å². The van der Waals surface area contributed by atoms with E-state index in [2.05, 4.69) is 20.9 Å². The number of carbonyl (C=O) groups is 2. The quantitative estimate of drug-likeness (QED) is 0.539. The molecule has 0 unspecified atom stereocenters. The Hall–Kier alpha value is -2.73. The number of hydrogen-bond acceptors (Lipinski definition) is 5. The lowest BCUT2D eigenvalue weighted by Crippen LogP contribution is -2.06. The van der Waals surface area contributed by atoms with Crippen LogP contribution in [-0.4, -0.2) is 24.4 Å². The van der Waals surface area contributed by atoms with E-state index in [1.165, 1.54) is 0 Å². The largest absolute Gasteiger partial charge is 0.462 e. The Bertz CT molecular complexity index is 900. The SMILES string of the molecule is CCCOC(=O)c1ccc(/C=C2\N=C(c3ccccc3Br)OC2=O)cc1. The summed E-state index contributed by atoms with van der Waals surface area (Å²) >= 11 is 3.42. The fraction of sp³-hybridized carbons (Fsp3) is 0.150. The maximum absolute atomic E-state index is 12.1. The molecule has 5 nitrogen and oxygen atoms in total. The van der Waals surface area contributed by atoms with E-state index in [1.54, 1.807) is 30.3 Å². The normalized spacial score (nSPS) is 14.9. The Balaban J connectivity index is 1.80. The van der Waals surface area contributed by atoms with Gasteiger partial charge in [0.15, 0.2) is 5.70 Å². The van der Waals surface area contributed by atoms with Crippen molar-refractivity contribution in [2.24, 2.45) is 4.99 Å². The fourth-order valence-corrected chi connectivity index (χ4v) is 2.76. The minimum Gasteiger partial charge on any atom is -0.462 e. The second-order valence-electron chi connectivity index (χ2n) is 5.57. The molecule has 1 aliphatic rings. The standard InChI is InChI=1S/C20H16BrNO4/c1-2-11-25-19(23)14-9-7-13(8-10-14)12-17-20(24)26-18(22-17)15-5-3-4-6-16(15)21/h3-10,12H,2,11H2,1H3/b17-12-. The summed E-state index contributed by atoms with van der Waals surface area (Å²) in [4.78, 5) is 28.2. The molecule has 1 heterocycles. The lowest BCUT2D eigenvalue weighted by molar-refractivity contribution is -0.129. The summed E-state index contributed by atoms with van der Waals surface area (Å²) in [5, 5.41) is 0. The summed E-state index contributed by atoms with van der Waals surface area (Å²) in [5.74, 6) is -0.615. The Labute approximate surface area is 159 Å². The number of benzene rings is 2. The van der Waals surface area contributed by atoms with Crippen LogP contribution in [0.4, 0.5) is 0 Å². The summed E-state index contributed by atoms with van der Waals surface area (Å²) in [5.41, 5.74) is 2.11. The zero-order valence-electron chi connectivity index (χ0n) is 14.1. The third-order valence-electron chi connectivity index (χ3n) is 3.61. The predicted molar refractivity (Wildman–Crippen MR) is 102 cm³/mol. The molecule has 132 valence electrons. The molecule has 2 aromatic rings. The molecule has 3 rings (SSSR count). The number of cyclic esters (lactones) is 1. The van der Waals surface area contributed by atoms with Crippen LogP contribution >= 0.6 is 15.9 Å². The second kappa shape index (κ2) is 8.10. The highest BCUT2D eigenvalue weighted by molar-refractivity contribution is 9.10. The van der Waals surface area contributed by atoms with Gasteiger partial charge >= 0.3 is 11.9 Å². The predicted octanol–water partition coefficient (Wildman–Crippen LogP) is 4.36. The third-order valence-corrected chi connectivity index (χ3v) is 4.30. The van der Waals surface area contributed by atoms with Gasteiger partial charge in [0.1, 0.15) is 0 Å². The van der Waals surface area contributed by atoms with Crippen molar-refractivity contribution >= 4 is 39.8 Å². The Morgan fingerprint density at radius 1 is 1.19 bits per heavy atom. The van der Waals surface area contributed by atoms with Gasteiger partial charge in [0, 0.05) is 4.47 Å². The molecular weight excluding hydrogens is 398 g/mol. The smallest absolute Gasteiger partial charge is 0.363 e. The molecule has 0 atom stereocenters. The van der Waals surface area contributed by atoms with E-state index in [-0.39, 0.29) is 17.6 Å². The van der Waals surface area contributed by atoms with Crippen LogP contribution in [0.1, 0.15) is 34.8 Å². The number of rotatable bonds is 5. The van der Waals surface area contributed by atoms with E-state index >= 15 is 0 Å². The minimum absolute atomic E-state index is 0.206. The van der Waals surface area contributed by atoms with Crippen LogP contribution < -0.4 is 0 Å². The van der Waals surface area contributed by atoms with Gasteiger partial charge in [-0.15, -0.1) is 0 Å². The number of esters is 2. The average Bonchev–Trinajstić information content (AvgIpc) is 3.01. The lowest BCUT2D eigenvalue weighted by atomic mass is 10.1. The monoisotopic (exact) mass is 413 g/mol. The molecule has 0 bridgehead atoms. The van der Waals surface area contributed by atoms with Crippen LogP contribution in [0.25, 0.3) is 6.08 Å². The number of halogens is 1. The summed E-state index contributed by atoms with van der Waals surface area (Å²) in [6, 6.07) is 14.2. The van der Waals surface area contributed by atoms with Crippen LogP contribution in [0.3, 0.4) is 0 Å². The molecule has 0 amide bonds. The van der Waals surface area contributed by atoms with Gasteiger partial charge in [0.05, 0.1) is 17.7 Å². The van der Waals surface area contributed by atoms with Crippen molar-refractivity contribution in [3.63, 3.8) is 0 Å². The maximum atomic E-state index is 12.1. The molecule has 6 heteroatoms. The molecule has 0 spiro atoms. The Morgan fingerprint density at radius 2 is 1.92 bits per heavy atom. The van der Waals surface area contributed by atoms with Crippen molar-refractivity contribution in [3.05, 3.63) is 75.4 Å². The van der Waals surface area contributed by atoms with E-state index in [0.717, 1.165) is 16.5 Å². The van der Waals surface area contributed by atoms with Gasteiger partial charge in [-0.05, 0) is 58.3 Å². The van der Waals surface area contributed by atoms with Crippen LogP contribution in [0, 0.1) is 0 Å². The second-order valence-corrected chi connectivity index (χ2v) is 6.43. The van der Waals surface area contributed by atoms with Crippen LogP contribution in [0.5, 0.6) is 0 Å². The van der Waals surface area contributed by atoms with Gasteiger partial charge in [-0.2, -0.15) is 0 Å². The molecule has 0 fully saturated rings. The van der Waals surface area contributed by atoms with E-state index in [9.17, 15) is 9.59 Å². The van der Waals surface area contributed by atoms with E-state index in [4.69, 9.17) is 9.47 Å². The highest BCUT2D eigenvalue weighted by atomic mass is 79.9. The first-order valence-corrected chi connectivity index (χ1v) is 8.92. The van der Waals surface area contributed by atoms with Crippen molar-refractivity contribution in [2.45, 2.75) is 13.3 Å². The number of ether oxygens (including phenoxy) is 2. The van der Waals surface area contributed by atoms with Gasteiger partial charge in [0.2, 0.25) is 5.90 Å². The summed E-state index contributed by atoms with van der Waals surface area (Å²) < 4.78 is 11.1. The Morgan fingerprint density at radius 3 is 2.62 bits per heavy atom. The van der Waals surface area contributed by atoms with Crippen molar-refractivity contribution in [3.8, 4) is 0 Å². The fourth-order valence-electron chi connectivity index (χ4n) is 2.31. The molecule has 0 saturated carbocycles.